The van der Waals surface area contributed by atoms with Crippen LogP contribution in [0.5, 0.6) is 0 Å². The van der Waals surface area contributed by atoms with Gasteiger partial charge in [0, 0.05) is 17.5 Å². The van der Waals surface area contributed by atoms with Crippen LogP contribution in [-0.2, 0) is 6.54 Å². The van der Waals surface area contributed by atoms with E-state index in [1.54, 1.807) is 6.07 Å². The fourth-order valence-electron chi connectivity index (χ4n) is 1.40. The largest absolute Gasteiger partial charge is 0.326 e. The van der Waals surface area contributed by atoms with Crippen LogP contribution >= 0.6 is 11.6 Å². The summed E-state index contributed by atoms with van der Waals surface area (Å²) in [6.07, 6.45) is 0. The molecule has 0 aliphatic heterocycles. The van der Waals surface area contributed by atoms with E-state index in [-0.39, 0.29) is 17.1 Å². The van der Waals surface area contributed by atoms with Crippen molar-refractivity contribution in [2.75, 3.05) is 0 Å². The van der Waals surface area contributed by atoms with Gasteiger partial charge in [-0.1, -0.05) is 11.6 Å². The molecule has 0 unspecified atom stereocenters. The number of H-pyrrole nitrogens is 1. The molecule has 15 heavy (non-hydrogen) atoms. The van der Waals surface area contributed by atoms with Gasteiger partial charge in [0.2, 0.25) is 0 Å². The third-order valence-electron chi connectivity index (χ3n) is 2.18. The molecule has 0 aliphatic rings. The van der Waals surface area contributed by atoms with Crippen LogP contribution in [0.25, 0.3) is 10.9 Å². The molecule has 2 aromatic rings. The molecule has 0 atom stereocenters. The molecular formula is C10H8ClFN2O. The van der Waals surface area contributed by atoms with E-state index in [1.807, 2.05) is 0 Å². The van der Waals surface area contributed by atoms with Crippen molar-refractivity contribution < 1.29 is 4.39 Å². The van der Waals surface area contributed by atoms with Gasteiger partial charge in [-0.05, 0) is 18.2 Å². The Bertz CT molecular complexity index is 579. The van der Waals surface area contributed by atoms with E-state index < -0.39 is 5.82 Å². The number of aromatic amines is 1. The lowest BCUT2D eigenvalue weighted by Gasteiger charge is -2.02. The van der Waals surface area contributed by atoms with Gasteiger partial charge in [0.1, 0.15) is 5.82 Å². The second-order valence-corrected chi connectivity index (χ2v) is 3.59. The summed E-state index contributed by atoms with van der Waals surface area (Å²) >= 11 is 5.62. The minimum absolute atomic E-state index is 0.0255. The molecule has 1 aromatic heterocycles. The van der Waals surface area contributed by atoms with Crippen LogP contribution < -0.4 is 11.3 Å². The maximum atomic E-state index is 13.1. The normalized spacial score (nSPS) is 10.9. The summed E-state index contributed by atoms with van der Waals surface area (Å²) in [5, 5.41) is 0.693. The number of nitrogens with one attached hydrogen (secondary N) is 1. The second kappa shape index (κ2) is 3.64. The maximum absolute atomic E-state index is 13.1. The first-order valence-corrected chi connectivity index (χ1v) is 4.70. The highest BCUT2D eigenvalue weighted by molar-refractivity contribution is 6.31. The number of benzene rings is 1. The summed E-state index contributed by atoms with van der Waals surface area (Å²) in [5.74, 6) is -0.555. The van der Waals surface area contributed by atoms with Crippen LogP contribution in [0.15, 0.2) is 23.0 Å². The summed E-state index contributed by atoms with van der Waals surface area (Å²) in [5.41, 5.74) is 5.95. The summed E-state index contributed by atoms with van der Waals surface area (Å²) in [7, 11) is 0. The van der Waals surface area contributed by atoms with E-state index >= 15 is 0 Å². The maximum Gasteiger partial charge on any atom is 0.252 e. The number of halogens is 2. The van der Waals surface area contributed by atoms with Crippen molar-refractivity contribution in [2.45, 2.75) is 6.54 Å². The quantitative estimate of drug-likeness (QED) is 0.779. The lowest BCUT2D eigenvalue weighted by atomic mass is 10.1. The van der Waals surface area contributed by atoms with E-state index in [9.17, 15) is 9.18 Å². The minimum atomic E-state index is -0.555. The van der Waals surface area contributed by atoms with Gasteiger partial charge in [-0.15, -0.1) is 0 Å². The molecule has 0 saturated heterocycles. The molecule has 0 amide bonds. The molecule has 3 N–H and O–H groups in total. The highest BCUT2D eigenvalue weighted by atomic mass is 35.5. The van der Waals surface area contributed by atoms with Crippen LogP contribution in [-0.4, -0.2) is 4.98 Å². The zero-order chi connectivity index (χ0) is 11.0. The van der Waals surface area contributed by atoms with E-state index in [4.69, 9.17) is 17.3 Å². The highest BCUT2D eigenvalue weighted by Gasteiger charge is 2.05. The molecule has 2 rings (SSSR count). The van der Waals surface area contributed by atoms with Crippen molar-refractivity contribution in [1.29, 1.82) is 0 Å². The van der Waals surface area contributed by atoms with Crippen molar-refractivity contribution in [3.05, 3.63) is 45.0 Å². The van der Waals surface area contributed by atoms with Crippen molar-refractivity contribution in [3.63, 3.8) is 0 Å². The number of pyridine rings is 1. The molecule has 5 heteroatoms. The monoisotopic (exact) mass is 226 g/mol. The molecule has 1 aromatic carbocycles. The number of aromatic nitrogens is 1. The van der Waals surface area contributed by atoms with Crippen molar-refractivity contribution >= 4 is 22.5 Å². The van der Waals surface area contributed by atoms with Crippen LogP contribution in [0.2, 0.25) is 5.02 Å². The Balaban J connectivity index is 2.82. The van der Waals surface area contributed by atoms with Gasteiger partial charge in [0.15, 0.2) is 0 Å². The number of hydrogen-bond donors (Lipinski definition) is 2. The topological polar surface area (TPSA) is 58.9 Å². The predicted octanol–water partition coefficient (Wildman–Crippen LogP) is 1.78. The number of rotatable bonds is 1. The Labute approximate surface area is 89.7 Å². The lowest BCUT2D eigenvalue weighted by Crippen LogP contribution is -2.15. The van der Waals surface area contributed by atoms with Crippen LogP contribution in [0.3, 0.4) is 0 Å². The molecule has 0 spiro atoms. The summed E-state index contributed by atoms with van der Waals surface area (Å²) in [6.45, 7) is 0.139. The first-order valence-electron chi connectivity index (χ1n) is 4.33. The molecule has 0 radical (unpaired) electrons. The predicted molar refractivity (Wildman–Crippen MR) is 57.4 cm³/mol. The van der Waals surface area contributed by atoms with Gasteiger partial charge in [-0.3, -0.25) is 4.79 Å². The van der Waals surface area contributed by atoms with Gasteiger partial charge in [-0.25, -0.2) is 4.39 Å². The number of fused-ring (bicyclic) bond motifs is 1. The Hall–Kier alpha value is -1.39. The summed E-state index contributed by atoms with van der Waals surface area (Å²) in [6, 6.07) is 4.26. The molecule has 0 saturated carbocycles. The lowest BCUT2D eigenvalue weighted by molar-refractivity contribution is 0.629. The third kappa shape index (κ3) is 1.73. The van der Waals surface area contributed by atoms with Gasteiger partial charge in [0.25, 0.3) is 5.56 Å². The average Bonchev–Trinajstić information content (AvgIpc) is 2.20. The average molecular weight is 227 g/mol. The summed E-state index contributed by atoms with van der Waals surface area (Å²) in [4.78, 5) is 13.9. The number of hydrogen-bond acceptors (Lipinski definition) is 2. The van der Waals surface area contributed by atoms with Gasteiger partial charge in [-0.2, -0.15) is 0 Å². The minimum Gasteiger partial charge on any atom is -0.326 e. The van der Waals surface area contributed by atoms with Gasteiger partial charge < -0.3 is 10.7 Å². The smallest absolute Gasteiger partial charge is 0.252 e. The first-order chi connectivity index (χ1) is 7.11. The number of nitrogens with two attached hydrogens (primary N) is 1. The molecule has 1 heterocycles. The molecule has 0 aliphatic carbocycles. The Morgan fingerprint density at radius 3 is 2.80 bits per heavy atom. The molecule has 0 fully saturated rings. The standard InChI is InChI=1S/C10H8ClFN2O/c11-7-2-5-1-6(4-13)10(15)14-9(5)3-8(7)12/h1-3H,4,13H2,(H,14,15). The van der Waals surface area contributed by atoms with E-state index in [1.165, 1.54) is 12.1 Å². The Morgan fingerprint density at radius 1 is 1.40 bits per heavy atom. The van der Waals surface area contributed by atoms with Gasteiger partial charge in [0.05, 0.1) is 10.5 Å². The van der Waals surface area contributed by atoms with E-state index in [2.05, 4.69) is 4.98 Å². The first kappa shape index (κ1) is 10.1. The van der Waals surface area contributed by atoms with E-state index in [0.29, 0.717) is 16.5 Å². The molecule has 0 bridgehead atoms. The zero-order valence-corrected chi connectivity index (χ0v) is 8.44. The Morgan fingerprint density at radius 2 is 2.13 bits per heavy atom. The third-order valence-corrected chi connectivity index (χ3v) is 2.47. The fraction of sp³-hybridized carbons (Fsp3) is 0.100. The molecule has 78 valence electrons. The van der Waals surface area contributed by atoms with Crippen molar-refractivity contribution in [3.8, 4) is 0 Å². The Kier molecular flexibility index (Phi) is 2.46. The second-order valence-electron chi connectivity index (χ2n) is 3.18. The highest BCUT2D eigenvalue weighted by Crippen LogP contribution is 2.20. The molecule has 3 nitrogen and oxygen atoms in total. The summed E-state index contributed by atoms with van der Waals surface area (Å²) < 4.78 is 13.1. The van der Waals surface area contributed by atoms with Gasteiger partial charge >= 0.3 is 0 Å². The van der Waals surface area contributed by atoms with Crippen LogP contribution in [0, 0.1) is 5.82 Å². The van der Waals surface area contributed by atoms with Crippen molar-refractivity contribution in [2.24, 2.45) is 5.73 Å². The fourth-order valence-corrected chi connectivity index (χ4v) is 1.57. The zero-order valence-electron chi connectivity index (χ0n) is 7.68. The van der Waals surface area contributed by atoms with Crippen LogP contribution in [0.1, 0.15) is 5.56 Å². The van der Waals surface area contributed by atoms with Crippen LogP contribution in [0.4, 0.5) is 4.39 Å². The van der Waals surface area contributed by atoms with E-state index in [0.717, 1.165) is 0 Å². The SMILES string of the molecule is NCc1cc2cc(Cl)c(F)cc2[nH]c1=O. The molecular weight excluding hydrogens is 219 g/mol. The van der Waals surface area contributed by atoms with Crippen molar-refractivity contribution in [1.82, 2.24) is 4.98 Å².